The zero-order valence-corrected chi connectivity index (χ0v) is 21.0. The van der Waals surface area contributed by atoms with E-state index in [1.807, 2.05) is 26.0 Å². The highest BCUT2D eigenvalue weighted by Crippen LogP contribution is 2.26. The van der Waals surface area contributed by atoms with E-state index in [0.29, 0.717) is 23.5 Å². The number of nitrogens with zero attached hydrogens (tertiary/aromatic N) is 5. The predicted molar refractivity (Wildman–Crippen MR) is 134 cm³/mol. The van der Waals surface area contributed by atoms with Gasteiger partial charge in [0, 0.05) is 12.2 Å². The minimum absolute atomic E-state index is 0.0133. The second-order valence-corrected chi connectivity index (χ2v) is 8.72. The molecule has 1 unspecified atom stereocenters. The maximum atomic E-state index is 13.1. The van der Waals surface area contributed by atoms with Crippen molar-refractivity contribution in [3.8, 4) is 0 Å². The molecule has 0 spiro atoms. The van der Waals surface area contributed by atoms with Gasteiger partial charge in [-0.3, -0.25) is 19.0 Å². The average Bonchev–Trinajstić information content (AvgIpc) is 3.32. The van der Waals surface area contributed by atoms with Crippen LogP contribution in [0.5, 0.6) is 0 Å². The second kappa shape index (κ2) is 10.6. The number of likely N-dealkylation sites (N-methyl/N-ethyl adjacent to an activating group) is 1. The number of benzene rings is 2. The first-order valence-electron chi connectivity index (χ1n) is 11.4. The first-order valence-corrected chi connectivity index (χ1v) is 11.8. The molecule has 0 saturated carbocycles. The number of hydrogen-bond donors (Lipinski definition) is 1. The molecule has 1 saturated heterocycles. The van der Waals surface area contributed by atoms with Crippen LogP contribution in [0.1, 0.15) is 30.2 Å². The maximum absolute atomic E-state index is 13.1. The van der Waals surface area contributed by atoms with Crippen LogP contribution >= 0.6 is 12.2 Å². The number of rotatable bonds is 8. The minimum Gasteiger partial charge on any atom is -0.858 e. The largest absolute Gasteiger partial charge is 0.858 e. The summed E-state index contributed by atoms with van der Waals surface area (Å²) in [6.07, 6.45) is -0.103. The van der Waals surface area contributed by atoms with Gasteiger partial charge in [0.2, 0.25) is 11.2 Å². The molecule has 1 aliphatic rings. The van der Waals surface area contributed by atoms with Crippen LogP contribution in [-0.2, 0) is 23.2 Å². The number of aliphatic imine (C=N–C) groups is 1. The third-order valence-electron chi connectivity index (χ3n) is 5.87. The lowest BCUT2D eigenvalue weighted by atomic mass is 10.1. The molecule has 2 amide bonds. The molecule has 1 atom stereocenters. The Morgan fingerprint density at radius 3 is 2.58 bits per heavy atom. The molecule has 11 heteroatoms. The molecule has 1 fully saturated rings. The van der Waals surface area contributed by atoms with E-state index in [1.165, 1.54) is 9.58 Å². The van der Waals surface area contributed by atoms with Crippen molar-refractivity contribution < 1.29 is 23.9 Å². The molecule has 186 valence electrons. The molecule has 0 bridgehead atoms. The fourth-order valence-electron chi connectivity index (χ4n) is 3.88. The van der Waals surface area contributed by atoms with Gasteiger partial charge in [0.15, 0.2) is 12.2 Å². The molecule has 3 aromatic rings. The molecule has 2 aromatic carbocycles. The number of aryl methyl sites for hydroxylation is 2. The highest BCUT2D eigenvalue weighted by molar-refractivity contribution is 7.80. The van der Waals surface area contributed by atoms with Crippen molar-refractivity contribution in [1.82, 2.24) is 15.1 Å². The predicted octanol–water partition coefficient (Wildman–Crippen LogP) is 1.59. The van der Waals surface area contributed by atoms with Crippen molar-refractivity contribution >= 4 is 46.6 Å². The van der Waals surface area contributed by atoms with Gasteiger partial charge in [0.25, 0.3) is 11.6 Å². The molecule has 1 aromatic heterocycles. The van der Waals surface area contributed by atoms with Gasteiger partial charge in [-0.15, -0.1) is 0 Å². The molecular formula is C25H26N6O4S. The molecule has 0 aliphatic carbocycles. The van der Waals surface area contributed by atoms with Gasteiger partial charge >= 0.3 is 5.88 Å². The van der Waals surface area contributed by atoms with Crippen LogP contribution in [0.15, 0.2) is 64.1 Å². The summed E-state index contributed by atoms with van der Waals surface area (Å²) in [4.78, 5) is 33.2. The maximum Gasteiger partial charge on any atom is 0.325 e. The standard InChI is InChI=1S/C25H26N6O4S/c1-4-30-24(34)19(14-21(32)26-18-12-10-16(2)11-13-18)31(25(30)36)15-20-23(35-28-29(20)3)27-22(33)17-8-6-5-7-9-17/h5-13,19H,4,14-15H2,1-3H3,(H-,26,27,28,32,33). The van der Waals surface area contributed by atoms with Gasteiger partial charge in [0.05, 0.1) is 6.42 Å². The van der Waals surface area contributed by atoms with Crippen molar-refractivity contribution in [3.63, 3.8) is 0 Å². The molecule has 1 aliphatic heterocycles. The molecule has 4 rings (SSSR count). The van der Waals surface area contributed by atoms with E-state index >= 15 is 0 Å². The summed E-state index contributed by atoms with van der Waals surface area (Å²) >= 11 is 5.58. The number of amides is 2. The van der Waals surface area contributed by atoms with E-state index in [1.54, 1.807) is 54.4 Å². The van der Waals surface area contributed by atoms with Gasteiger partial charge in [-0.2, -0.15) is 0 Å². The van der Waals surface area contributed by atoms with Crippen LogP contribution in [0.3, 0.4) is 0 Å². The minimum atomic E-state index is -0.824. The smallest absolute Gasteiger partial charge is 0.325 e. The van der Waals surface area contributed by atoms with Crippen LogP contribution in [0, 0.1) is 6.92 Å². The van der Waals surface area contributed by atoms with E-state index in [-0.39, 0.29) is 35.8 Å². The van der Waals surface area contributed by atoms with Crippen molar-refractivity contribution in [1.29, 1.82) is 0 Å². The fourth-order valence-corrected chi connectivity index (χ4v) is 4.29. The van der Waals surface area contributed by atoms with Crippen LogP contribution in [0.25, 0.3) is 0 Å². The van der Waals surface area contributed by atoms with Crippen LogP contribution in [0.2, 0.25) is 0 Å². The van der Waals surface area contributed by atoms with Crippen LogP contribution < -0.4 is 15.1 Å². The number of nitrogens with one attached hydrogen (secondary N) is 1. The Morgan fingerprint density at radius 2 is 1.92 bits per heavy atom. The molecule has 10 nitrogen and oxygen atoms in total. The third kappa shape index (κ3) is 5.25. The number of carbonyl (C=O) groups excluding carboxylic acids is 2. The summed E-state index contributed by atoms with van der Waals surface area (Å²) in [5, 5.41) is 19.6. The van der Waals surface area contributed by atoms with Crippen molar-refractivity contribution in [2.45, 2.75) is 32.9 Å². The summed E-state index contributed by atoms with van der Waals surface area (Å²) in [5.74, 6) is -1.06. The first-order chi connectivity index (χ1) is 17.3. The normalized spacial score (nSPS) is 16.1. The van der Waals surface area contributed by atoms with Gasteiger partial charge in [-0.05, 0) is 54.3 Å². The lowest BCUT2D eigenvalue weighted by Crippen LogP contribution is -2.42. The quantitative estimate of drug-likeness (QED) is 0.213. The second-order valence-electron chi connectivity index (χ2n) is 8.36. The molecule has 2 heterocycles. The van der Waals surface area contributed by atoms with Crippen molar-refractivity contribution in [2.75, 3.05) is 11.9 Å². The number of aromatic nitrogens is 2. The summed E-state index contributed by atoms with van der Waals surface area (Å²) < 4.78 is 6.73. The van der Waals surface area contributed by atoms with Gasteiger partial charge in [-0.1, -0.05) is 48.0 Å². The van der Waals surface area contributed by atoms with Crippen LogP contribution in [0.4, 0.5) is 11.6 Å². The summed E-state index contributed by atoms with van der Waals surface area (Å²) in [5.41, 5.74) is 2.56. The monoisotopic (exact) mass is 506 g/mol. The zero-order chi connectivity index (χ0) is 25.8. The fraction of sp³-hybridized carbons (Fsp3) is 0.280. The lowest BCUT2D eigenvalue weighted by molar-refractivity contribution is -0.746. The Bertz CT molecular complexity index is 1310. The number of hydrogen-bond acceptors (Lipinski definition) is 7. The topological polar surface area (TPSA) is 118 Å². The zero-order valence-electron chi connectivity index (χ0n) is 20.2. The Labute approximate surface area is 213 Å². The van der Waals surface area contributed by atoms with E-state index in [9.17, 15) is 14.7 Å². The molecule has 1 N–H and O–H groups in total. The summed E-state index contributed by atoms with van der Waals surface area (Å²) in [7, 11) is 1.64. The first kappa shape index (κ1) is 25.0. The van der Waals surface area contributed by atoms with Crippen molar-refractivity contribution in [2.24, 2.45) is 12.0 Å². The highest BCUT2D eigenvalue weighted by Gasteiger charge is 2.44. The highest BCUT2D eigenvalue weighted by atomic mass is 32.1. The molecular weight excluding hydrogens is 480 g/mol. The third-order valence-corrected chi connectivity index (χ3v) is 6.32. The summed E-state index contributed by atoms with van der Waals surface area (Å²) in [6, 6.07) is 15.2. The SMILES string of the molecule is CCN1C(=O)C(CC(=O)Nc2ccc(C)cc2)N(Cc2c(/N=C(\[O-])c3ccccc3)on[n+]2C)C1=S. The van der Waals surface area contributed by atoms with E-state index in [2.05, 4.69) is 15.6 Å². The molecule has 36 heavy (non-hydrogen) atoms. The Balaban J connectivity index is 1.58. The summed E-state index contributed by atoms with van der Waals surface area (Å²) in [6.45, 7) is 4.21. The number of anilines is 1. The Morgan fingerprint density at radius 1 is 1.22 bits per heavy atom. The van der Waals surface area contributed by atoms with Crippen LogP contribution in [-0.4, -0.2) is 50.5 Å². The van der Waals surface area contributed by atoms with E-state index in [0.717, 1.165) is 5.56 Å². The number of thiocarbonyl (C=S) groups is 1. The number of carbonyl (C=O) groups is 2. The van der Waals surface area contributed by atoms with Gasteiger partial charge < -0.3 is 15.3 Å². The van der Waals surface area contributed by atoms with E-state index < -0.39 is 11.9 Å². The Kier molecular flexibility index (Phi) is 7.39. The van der Waals surface area contributed by atoms with Crippen molar-refractivity contribution in [3.05, 3.63) is 71.4 Å². The van der Waals surface area contributed by atoms with Gasteiger partial charge in [-0.25, -0.2) is 4.99 Å². The van der Waals surface area contributed by atoms with E-state index in [4.69, 9.17) is 16.7 Å². The lowest BCUT2D eigenvalue weighted by Gasteiger charge is -2.21. The average molecular weight is 507 g/mol. The molecule has 0 radical (unpaired) electrons. The Hall–Kier alpha value is -4.12. The van der Waals surface area contributed by atoms with Gasteiger partial charge in [0.1, 0.15) is 12.6 Å².